The van der Waals surface area contributed by atoms with Crippen molar-refractivity contribution in [3.8, 4) is 11.6 Å². The number of carbonyl (C=O) groups excluding carboxylic acids is 1. The van der Waals surface area contributed by atoms with Crippen LogP contribution in [0.15, 0.2) is 58.3 Å². The average Bonchev–Trinajstić information content (AvgIpc) is 3.23. The molecular weight excluding hydrogens is 325 g/mol. The number of nitrogens with zero attached hydrogens (tertiary/aromatic N) is 3. The summed E-state index contributed by atoms with van der Waals surface area (Å²) in [6.07, 6.45) is 1.53. The van der Waals surface area contributed by atoms with Crippen LogP contribution in [-0.4, -0.2) is 20.7 Å². The van der Waals surface area contributed by atoms with Gasteiger partial charge in [-0.2, -0.15) is 4.98 Å². The molecule has 0 saturated carbocycles. The first-order valence-corrected chi connectivity index (χ1v) is 7.58. The molecule has 0 saturated heterocycles. The summed E-state index contributed by atoms with van der Waals surface area (Å²) < 4.78 is 20.2. The molecule has 0 aliphatic carbocycles. The monoisotopic (exact) mass is 339 g/mol. The molecule has 4 rings (SSSR count). The second kappa shape index (κ2) is 5.59. The van der Waals surface area contributed by atoms with E-state index in [2.05, 4.69) is 15.4 Å². The second-order valence-electron chi connectivity index (χ2n) is 5.66. The summed E-state index contributed by atoms with van der Waals surface area (Å²) >= 11 is 0. The highest BCUT2D eigenvalue weighted by atomic mass is 19.1. The number of rotatable bonds is 3. The largest absolute Gasteiger partial charge is 0.461 e. The number of nitrogens with two attached hydrogens (primary N) is 1. The topological polar surface area (TPSA) is 99.0 Å². The van der Waals surface area contributed by atoms with E-state index in [1.54, 1.807) is 35.9 Å². The van der Waals surface area contributed by atoms with E-state index < -0.39 is 11.9 Å². The van der Waals surface area contributed by atoms with E-state index in [0.717, 1.165) is 0 Å². The molecule has 0 radical (unpaired) electrons. The van der Waals surface area contributed by atoms with Gasteiger partial charge in [0.25, 0.3) is 0 Å². The highest BCUT2D eigenvalue weighted by Crippen LogP contribution is 2.36. The Labute approximate surface area is 142 Å². The molecule has 3 heterocycles. The number of allylic oxidation sites excluding steroid dienone is 1. The second-order valence-corrected chi connectivity index (χ2v) is 5.66. The Kier molecular flexibility index (Phi) is 3.38. The van der Waals surface area contributed by atoms with Gasteiger partial charge < -0.3 is 15.5 Å². The minimum Gasteiger partial charge on any atom is -0.461 e. The zero-order valence-corrected chi connectivity index (χ0v) is 13.2. The number of aromatic nitrogens is 3. The van der Waals surface area contributed by atoms with Crippen molar-refractivity contribution < 1.29 is 13.6 Å². The van der Waals surface area contributed by atoms with Gasteiger partial charge >= 0.3 is 0 Å². The molecule has 2 aromatic heterocycles. The van der Waals surface area contributed by atoms with Crippen LogP contribution in [0.3, 0.4) is 0 Å². The minimum atomic E-state index is -0.606. The summed E-state index contributed by atoms with van der Waals surface area (Å²) in [5.41, 5.74) is 7.18. The van der Waals surface area contributed by atoms with Crippen LogP contribution in [0, 0.1) is 5.82 Å². The average molecular weight is 339 g/mol. The van der Waals surface area contributed by atoms with Crippen LogP contribution in [0.25, 0.3) is 11.6 Å². The highest BCUT2D eigenvalue weighted by molar-refractivity contribution is 5.95. The van der Waals surface area contributed by atoms with Gasteiger partial charge in [0.05, 0.1) is 11.8 Å². The standard InChI is InChI=1S/C17H14FN5O2/c1-9-13(15(19)24)14(10-4-6-11(18)7-5-10)23-17(20-9)21-16(22-23)12-3-2-8-25-12/h2-8,14H,1H3,(H2,19,24)(H,20,21,22). The Morgan fingerprint density at radius 3 is 2.72 bits per heavy atom. The molecule has 3 aromatic rings. The molecule has 126 valence electrons. The first-order valence-electron chi connectivity index (χ1n) is 7.58. The summed E-state index contributed by atoms with van der Waals surface area (Å²) in [5, 5.41) is 7.49. The Hall–Kier alpha value is -3.42. The predicted octanol–water partition coefficient (Wildman–Crippen LogP) is 2.45. The van der Waals surface area contributed by atoms with Gasteiger partial charge in [0, 0.05) is 5.70 Å². The van der Waals surface area contributed by atoms with Crippen molar-refractivity contribution in [1.29, 1.82) is 0 Å². The first kappa shape index (κ1) is 15.1. The van der Waals surface area contributed by atoms with Crippen LogP contribution >= 0.6 is 0 Å². The number of fused-ring (bicyclic) bond motifs is 1. The third kappa shape index (κ3) is 2.47. The summed E-state index contributed by atoms with van der Waals surface area (Å²) in [6, 6.07) is 8.72. The van der Waals surface area contributed by atoms with Crippen LogP contribution in [0.1, 0.15) is 18.5 Å². The molecule has 0 spiro atoms. The van der Waals surface area contributed by atoms with Gasteiger partial charge in [-0.1, -0.05) is 12.1 Å². The molecular formula is C17H14FN5O2. The zero-order chi connectivity index (χ0) is 17.6. The lowest BCUT2D eigenvalue weighted by Gasteiger charge is -2.27. The first-order chi connectivity index (χ1) is 12.0. The number of benzene rings is 1. The van der Waals surface area contributed by atoms with Gasteiger partial charge in [-0.15, -0.1) is 5.10 Å². The van der Waals surface area contributed by atoms with Crippen molar-refractivity contribution in [2.24, 2.45) is 5.73 Å². The molecule has 25 heavy (non-hydrogen) atoms. The SMILES string of the molecule is CC1=C(C(N)=O)C(c2ccc(F)cc2)n2nc(-c3ccco3)nc2N1. The Balaban J connectivity index is 1.89. The molecule has 1 aromatic carbocycles. The fraction of sp³-hybridized carbons (Fsp3) is 0.118. The van der Waals surface area contributed by atoms with E-state index in [1.807, 2.05) is 0 Å². The lowest BCUT2D eigenvalue weighted by Crippen LogP contribution is -2.31. The molecule has 0 bridgehead atoms. The number of halogens is 1. The normalized spacial score (nSPS) is 16.5. The lowest BCUT2D eigenvalue weighted by atomic mass is 9.95. The lowest BCUT2D eigenvalue weighted by molar-refractivity contribution is -0.115. The van der Waals surface area contributed by atoms with Crippen molar-refractivity contribution in [3.63, 3.8) is 0 Å². The minimum absolute atomic E-state index is 0.343. The number of anilines is 1. The van der Waals surface area contributed by atoms with Gasteiger partial charge in [0.15, 0.2) is 5.76 Å². The van der Waals surface area contributed by atoms with Crippen molar-refractivity contribution in [1.82, 2.24) is 14.8 Å². The van der Waals surface area contributed by atoms with Crippen LogP contribution in [0.2, 0.25) is 0 Å². The van der Waals surface area contributed by atoms with E-state index in [0.29, 0.717) is 34.4 Å². The van der Waals surface area contributed by atoms with E-state index in [4.69, 9.17) is 10.2 Å². The van der Waals surface area contributed by atoms with Crippen LogP contribution in [-0.2, 0) is 4.79 Å². The molecule has 3 N–H and O–H groups in total. The fourth-order valence-electron chi connectivity index (χ4n) is 2.93. The van der Waals surface area contributed by atoms with Crippen LogP contribution in [0.5, 0.6) is 0 Å². The molecule has 7 nitrogen and oxygen atoms in total. The number of primary amides is 1. The van der Waals surface area contributed by atoms with E-state index in [-0.39, 0.29) is 5.82 Å². The van der Waals surface area contributed by atoms with Crippen molar-refractivity contribution in [2.45, 2.75) is 13.0 Å². The van der Waals surface area contributed by atoms with Crippen LogP contribution < -0.4 is 11.1 Å². The summed E-state index contributed by atoms with van der Waals surface area (Å²) in [6.45, 7) is 1.74. The van der Waals surface area contributed by atoms with Crippen molar-refractivity contribution in [3.05, 3.63) is 65.3 Å². The number of carbonyl (C=O) groups is 1. The van der Waals surface area contributed by atoms with E-state index >= 15 is 0 Å². The van der Waals surface area contributed by atoms with Gasteiger partial charge in [0.2, 0.25) is 17.7 Å². The summed E-state index contributed by atoms with van der Waals surface area (Å²) in [4.78, 5) is 16.4. The molecule has 8 heteroatoms. The number of furan rings is 1. The number of amides is 1. The van der Waals surface area contributed by atoms with Gasteiger partial charge in [-0.05, 0) is 36.8 Å². The smallest absolute Gasteiger partial charge is 0.248 e. The van der Waals surface area contributed by atoms with Crippen molar-refractivity contribution in [2.75, 3.05) is 5.32 Å². The van der Waals surface area contributed by atoms with E-state index in [1.165, 1.54) is 18.4 Å². The van der Waals surface area contributed by atoms with Crippen molar-refractivity contribution >= 4 is 11.9 Å². The Morgan fingerprint density at radius 1 is 1.32 bits per heavy atom. The Morgan fingerprint density at radius 2 is 2.08 bits per heavy atom. The molecule has 1 amide bonds. The maximum Gasteiger partial charge on any atom is 0.248 e. The maximum atomic E-state index is 13.3. The maximum absolute atomic E-state index is 13.3. The molecule has 1 aliphatic heterocycles. The number of hydrogen-bond acceptors (Lipinski definition) is 5. The van der Waals surface area contributed by atoms with Gasteiger partial charge in [-0.25, -0.2) is 9.07 Å². The van der Waals surface area contributed by atoms with Gasteiger partial charge in [-0.3, -0.25) is 4.79 Å². The zero-order valence-electron chi connectivity index (χ0n) is 13.2. The molecule has 1 aliphatic rings. The summed E-state index contributed by atoms with van der Waals surface area (Å²) in [5.74, 6) is 0.371. The predicted molar refractivity (Wildman–Crippen MR) is 87.8 cm³/mol. The molecule has 1 unspecified atom stereocenters. The quantitative estimate of drug-likeness (QED) is 0.763. The Bertz CT molecular complexity index is 973. The highest BCUT2D eigenvalue weighted by Gasteiger charge is 2.33. The molecule has 0 fully saturated rings. The van der Waals surface area contributed by atoms with E-state index in [9.17, 15) is 9.18 Å². The summed E-state index contributed by atoms with van der Waals surface area (Å²) in [7, 11) is 0. The number of nitrogens with one attached hydrogen (secondary N) is 1. The number of hydrogen-bond donors (Lipinski definition) is 2. The van der Waals surface area contributed by atoms with Gasteiger partial charge in [0.1, 0.15) is 11.9 Å². The third-order valence-corrected chi connectivity index (χ3v) is 4.05. The molecule has 1 atom stereocenters. The fourth-order valence-corrected chi connectivity index (χ4v) is 2.93. The van der Waals surface area contributed by atoms with Crippen LogP contribution in [0.4, 0.5) is 10.3 Å². The third-order valence-electron chi connectivity index (χ3n) is 4.05.